The van der Waals surface area contributed by atoms with E-state index >= 15 is 0 Å². The highest BCUT2D eigenvalue weighted by atomic mass is 35.5. The third-order valence-electron chi connectivity index (χ3n) is 3.21. The molecule has 1 atom stereocenters. The van der Waals surface area contributed by atoms with E-state index in [1.165, 1.54) is 0 Å². The number of nitrogens with zero attached hydrogens (tertiary/aromatic N) is 2. The maximum absolute atomic E-state index is 12.2. The molecule has 6 heteroatoms. The minimum atomic E-state index is -0.0746. The van der Waals surface area contributed by atoms with Crippen molar-refractivity contribution in [2.75, 3.05) is 6.54 Å². The fourth-order valence-electron chi connectivity index (χ4n) is 2.01. The second-order valence-corrected chi connectivity index (χ2v) is 6.63. The molecule has 118 valence electrons. The van der Waals surface area contributed by atoms with Gasteiger partial charge in [0.2, 0.25) is 5.91 Å². The van der Waals surface area contributed by atoms with Gasteiger partial charge in [0, 0.05) is 35.4 Å². The van der Waals surface area contributed by atoms with E-state index in [4.69, 9.17) is 11.6 Å². The Kier molecular flexibility index (Phi) is 6.80. The first-order valence-corrected chi connectivity index (χ1v) is 8.60. The highest BCUT2D eigenvalue weighted by molar-refractivity contribution is 8.00. The Bertz CT molecular complexity index is 572. The number of carbonyl (C=O) groups is 1. The SMILES string of the molecule is CC[C@@H](Sc1ccc(Cl)cc1)C(=O)NCCCn1ccnc1. The van der Waals surface area contributed by atoms with E-state index in [-0.39, 0.29) is 11.2 Å². The molecule has 0 unspecified atom stereocenters. The zero-order valence-corrected chi connectivity index (χ0v) is 14.1. The number of hydrogen-bond donors (Lipinski definition) is 1. The Labute approximate surface area is 140 Å². The molecule has 0 aliphatic heterocycles. The van der Waals surface area contributed by atoms with Crippen molar-refractivity contribution in [3.05, 3.63) is 48.0 Å². The molecule has 0 radical (unpaired) electrons. The van der Waals surface area contributed by atoms with Crippen molar-refractivity contribution in [3.8, 4) is 0 Å². The van der Waals surface area contributed by atoms with E-state index in [1.54, 1.807) is 24.3 Å². The van der Waals surface area contributed by atoms with Gasteiger partial charge in [-0.1, -0.05) is 18.5 Å². The normalized spacial score (nSPS) is 12.1. The number of aromatic nitrogens is 2. The van der Waals surface area contributed by atoms with E-state index < -0.39 is 0 Å². The second kappa shape index (κ2) is 8.86. The number of rotatable bonds is 8. The lowest BCUT2D eigenvalue weighted by Crippen LogP contribution is -2.33. The van der Waals surface area contributed by atoms with Gasteiger partial charge in [-0.15, -0.1) is 11.8 Å². The molecule has 4 nitrogen and oxygen atoms in total. The maximum atomic E-state index is 12.2. The highest BCUT2D eigenvalue weighted by Crippen LogP contribution is 2.26. The smallest absolute Gasteiger partial charge is 0.233 e. The Morgan fingerprint density at radius 3 is 2.82 bits per heavy atom. The monoisotopic (exact) mass is 337 g/mol. The molecule has 1 aromatic carbocycles. The highest BCUT2D eigenvalue weighted by Gasteiger charge is 2.17. The van der Waals surface area contributed by atoms with Crippen molar-refractivity contribution in [1.82, 2.24) is 14.9 Å². The van der Waals surface area contributed by atoms with Gasteiger partial charge in [0.15, 0.2) is 0 Å². The first-order valence-electron chi connectivity index (χ1n) is 7.34. The molecule has 0 bridgehead atoms. The summed E-state index contributed by atoms with van der Waals surface area (Å²) >= 11 is 7.45. The summed E-state index contributed by atoms with van der Waals surface area (Å²) in [5.41, 5.74) is 0. The molecule has 0 saturated heterocycles. The molecule has 0 saturated carbocycles. The minimum Gasteiger partial charge on any atom is -0.355 e. The molecular weight excluding hydrogens is 318 g/mol. The van der Waals surface area contributed by atoms with Gasteiger partial charge >= 0.3 is 0 Å². The standard InChI is InChI=1S/C16H20ClN3OS/c1-2-15(22-14-6-4-13(17)5-7-14)16(21)19-8-3-10-20-11-9-18-12-20/h4-7,9,11-12,15H,2-3,8,10H2,1H3,(H,19,21)/t15-/m1/s1. The van der Waals surface area contributed by atoms with Crippen LogP contribution in [0.25, 0.3) is 0 Å². The minimum absolute atomic E-state index is 0.0746. The summed E-state index contributed by atoms with van der Waals surface area (Å²) in [5, 5.41) is 3.64. The molecule has 0 fully saturated rings. The van der Waals surface area contributed by atoms with E-state index in [0.717, 1.165) is 24.3 Å². The predicted octanol–water partition coefficient (Wildman–Crippen LogP) is 3.61. The Balaban J connectivity index is 1.75. The average Bonchev–Trinajstić information content (AvgIpc) is 3.04. The van der Waals surface area contributed by atoms with Gasteiger partial charge < -0.3 is 9.88 Å². The molecule has 2 rings (SSSR count). The Morgan fingerprint density at radius 1 is 1.41 bits per heavy atom. The first-order chi connectivity index (χ1) is 10.7. The number of benzene rings is 1. The molecule has 22 heavy (non-hydrogen) atoms. The van der Waals surface area contributed by atoms with Gasteiger partial charge in [0.25, 0.3) is 0 Å². The van der Waals surface area contributed by atoms with E-state index in [9.17, 15) is 4.79 Å². The van der Waals surface area contributed by atoms with Crippen LogP contribution in [0.1, 0.15) is 19.8 Å². The third kappa shape index (κ3) is 5.39. The van der Waals surface area contributed by atoms with Crippen molar-refractivity contribution in [1.29, 1.82) is 0 Å². The maximum Gasteiger partial charge on any atom is 0.233 e. The lowest BCUT2D eigenvalue weighted by atomic mass is 10.3. The number of imidazole rings is 1. The number of nitrogens with one attached hydrogen (secondary N) is 1. The molecule has 1 aromatic heterocycles. The van der Waals surface area contributed by atoms with Crippen LogP contribution in [0.3, 0.4) is 0 Å². The predicted molar refractivity (Wildman–Crippen MR) is 91.2 cm³/mol. The Hall–Kier alpha value is -1.46. The van der Waals surface area contributed by atoms with Gasteiger partial charge in [-0.2, -0.15) is 0 Å². The lowest BCUT2D eigenvalue weighted by molar-refractivity contribution is -0.120. The lowest BCUT2D eigenvalue weighted by Gasteiger charge is -2.15. The van der Waals surface area contributed by atoms with Gasteiger partial charge in [0.05, 0.1) is 11.6 Å². The van der Waals surface area contributed by atoms with Crippen molar-refractivity contribution >= 4 is 29.3 Å². The topological polar surface area (TPSA) is 46.9 Å². The van der Waals surface area contributed by atoms with Crippen LogP contribution < -0.4 is 5.32 Å². The number of thioether (sulfide) groups is 1. The van der Waals surface area contributed by atoms with Crippen LogP contribution in [0.15, 0.2) is 47.9 Å². The van der Waals surface area contributed by atoms with Crippen molar-refractivity contribution in [2.45, 2.75) is 36.5 Å². The van der Waals surface area contributed by atoms with Crippen molar-refractivity contribution < 1.29 is 4.79 Å². The fraction of sp³-hybridized carbons (Fsp3) is 0.375. The van der Waals surface area contributed by atoms with Crippen LogP contribution in [-0.4, -0.2) is 27.3 Å². The van der Waals surface area contributed by atoms with Crippen LogP contribution >= 0.6 is 23.4 Å². The largest absolute Gasteiger partial charge is 0.355 e. The number of hydrogen-bond acceptors (Lipinski definition) is 3. The van der Waals surface area contributed by atoms with E-state index in [1.807, 2.05) is 42.0 Å². The number of aryl methyl sites for hydroxylation is 1. The summed E-state index contributed by atoms with van der Waals surface area (Å²) in [7, 11) is 0. The van der Waals surface area contributed by atoms with Gasteiger partial charge in [-0.3, -0.25) is 4.79 Å². The van der Waals surface area contributed by atoms with Crippen LogP contribution in [0.5, 0.6) is 0 Å². The summed E-state index contributed by atoms with van der Waals surface area (Å²) in [6.07, 6.45) is 7.15. The molecule has 2 aromatic rings. The van der Waals surface area contributed by atoms with Crippen LogP contribution in [0, 0.1) is 0 Å². The molecule has 0 spiro atoms. The van der Waals surface area contributed by atoms with Crippen LogP contribution in [0.2, 0.25) is 5.02 Å². The third-order valence-corrected chi connectivity index (χ3v) is 4.83. The fourth-order valence-corrected chi connectivity index (χ4v) is 3.11. The molecule has 1 amide bonds. The van der Waals surface area contributed by atoms with Gasteiger partial charge in [0.1, 0.15) is 0 Å². The zero-order valence-electron chi connectivity index (χ0n) is 12.5. The molecule has 0 aliphatic rings. The summed E-state index contributed by atoms with van der Waals surface area (Å²) in [5.74, 6) is 0.0908. The van der Waals surface area contributed by atoms with E-state index in [2.05, 4.69) is 10.3 Å². The summed E-state index contributed by atoms with van der Waals surface area (Å²) < 4.78 is 2.01. The van der Waals surface area contributed by atoms with Crippen LogP contribution in [-0.2, 0) is 11.3 Å². The molecule has 0 aliphatic carbocycles. The Morgan fingerprint density at radius 2 is 2.18 bits per heavy atom. The summed E-state index contributed by atoms with van der Waals surface area (Å²) in [6, 6.07) is 7.59. The van der Waals surface area contributed by atoms with E-state index in [0.29, 0.717) is 11.6 Å². The number of carbonyl (C=O) groups excluding carboxylic acids is 1. The van der Waals surface area contributed by atoms with Crippen LogP contribution in [0.4, 0.5) is 0 Å². The number of amides is 1. The zero-order chi connectivity index (χ0) is 15.8. The van der Waals surface area contributed by atoms with Gasteiger partial charge in [-0.05, 0) is 37.1 Å². The van der Waals surface area contributed by atoms with Crippen molar-refractivity contribution in [3.63, 3.8) is 0 Å². The second-order valence-electron chi connectivity index (χ2n) is 4.91. The summed E-state index contributed by atoms with van der Waals surface area (Å²) in [6.45, 7) is 3.56. The summed E-state index contributed by atoms with van der Waals surface area (Å²) in [4.78, 5) is 17.3. The van der Waals surface area contributed by atoms with Gasteiger partial charge in [-0.25, -0.2) is 4.98 Å². The average molecular weight is 338 g/mol. The van der Waals surface area contributed by atoms with Crippen molar-refractivity contribution in [2.24, 2.45) is 0 Å². The first kappa shape index (κ1) is 16.9. The molecule has 1 heterocycles. The molecular formula is C16H20ClN3OS. The quantitative estimate of drug-likeness (QED) is 0.591. The number of halogens is 1. The molecule has 1 N–H and O–H groups in total.